The van der Waals surface area contributed by atoms with Crippen molar-refractivity contribution in [3.05, 3.63) is 95.0 Å². The maximum atomic E-state index is 13.6. The van der Waals surface area contributed by atoms with E-state index < -0.39 is 42.4 Å². The molecule has 2 heterocycles. The molecule has 2 aliphatic heterocycles. The van der Waals surface area contributed by atoms with E-state index in [0.29, 0.717) is 24.5 Å². The lowest BCUT2D eigenvalue weighted by Crippen LogP contribution is -2.37. The van der Waals surface area contributed by atoms with E-state index in [1.54, 1.807) is 12.1 Å². The number of anilines is 4. The number of benzene rings is 4. The number of halogens is 2. The summed E-state index contributed by atoms with van der Waals surface area (Å²) in [7, 11) is -7.29. The Bertz CT molecular complexity index is 2290. The van der Waals surface area contributed by atoms with Crippen LogP contribution < -0.4 is 19.3 Å². The van der Waals surface area contributed by atoms with Gasteiger partial charge in [-0.3, -0.25) is 9.59 Å². The van der Waals surface area contributed by atoms with Crippen LogP contribution in [-0.2, 0) is 29.3 Å². The first-order valence-corrected chi connectivity index (χ1v) is 26.0. The molecular weight excluding hydrogens is 900 g/mol. The molecule has 348 valence electrons. The van der Waals surface area contributed by atoms with Crippen molar-refractivity contribution in [3.63, 3.8) is 0 Å². The van der Waals surface area contributed by atoms with Crippen LogP contribution in [0.15, 0.2) is 94.7 Å². The molecule has 2 atom stereocenters. The van der Waals surface area contributed by atoms with E-state index in [1.807, 2.05) is 70.5 Å². The summed E-state index contributed by atoms with van der Waals surface area (Å²) >= 11 is 12.9. The minimum Gasteiger partial charge on any atom is -0.491 e. The van der Waals surface area contributed by atoms with Crippen LogP contribution in [0.4, 0.5) is 22.7 Å². The average molecular weight is 960 g/mol. The van der Waals surface area contributed by atoms with Gasteiger partial charge >= 0.3 is 11.9 Å². The number of aliphatic carboxylic acids is 2. The first-order valence-electron chi connectivity index (χ1n) is 21.9. The molecule has 0 saturated carbocycles. The first-order chi connectivity index (χ1) is 30.4. The fourth-order valence-electron chi connectivity index (χ4n) is 8.44. The molecule has 2 aliphatic rings. The van der Waals surface area contributed by atoms with Crippen LogP contribution in [0.5, 0.6) is 11.5 Å². The number of hydrogen-bond acceptors (Lipinski definition) is 10. The normalized spacial score (nSPS) is 19.8. The molecule has 16 heteroatoms. The maximum Gasteiger partial charge on any atom is 0.306 e. The Hall–Kier alpha value is -4.50. The van der Waals surface area contributed by atoms with Gasteiger partial charge < -0.3 is 29.5 Å². The molecule has 0 fully saturated rings. The van der Waals surface area contributed by atoms with Crippen molar-refractivity contribution in [3.8, 4) is 11.5 Å². The largest absolute Gasteiger partial charge is 0.491 e. The number of unbranched alkanes of at least 4 members (excludes halogenated alkanes) is 2. The number of carboxylic acid groups (broad SMARTS) is 2. The minimum absolute atomic E-state index is 0.0447. The highest BCUT2D eigenvalue weighted by Gasteiger charge is 2.43. The summed E-state index contributed by atoms with van der Waals surface area (Å²) in [6.07, 6.45) is 6.58. The second kappa shape index (κ2) is 22.1. The molecule has 0 saturated heterocycles. The van der Waals surface area contributed by atoms with Crippen molar-refractivity contribution in [1.29, 1.82) is 0 Å². The predicted octanol–water partition coefficient (Wildman–Crippen LogP) is 11.4. The zero-order valence-electron chi connectivity index (χ0n) is 37.0. The molecule has 4 aromatic rings. The molecule has 0 amide bonds. The molecule has 6 rings (SSSR count). The molecule has 4 aromatic carbocycles. The summed E-state index contributed by atoms with van der Waals surface area (Å²) in [5.41, 5.74) is 2.05. The Kier molecular flexibility index (Phi) is 17.5. The Morgan fingerprint density at radius 2 is 0.969 bits per heavy atom. The number of carboxylic acids is 2. The third-order valence-corrected chi connectivity index (χ3v) is 16.7. The lowest BCUT2D eigenvalue weighted by atomic mass is 9.81. The molecule has 0 aliphatic carbocycles. The summed E-state index contributed by atoms with van der Waals surface area (Å²) in [5, 5.41) is 18.3. The van der Waals surface area contributed by atoms with Crippen LogP contribution in [-0.4, -0.2) is 76.8 Å². The van der Waals surface area contributed by atoms with Crippen molar-refractivity contribution in [2.24, 2.45) is 10.8 Å². The third-order valence-electron chi connectivity index (χ3n) is 12.2. The Balaban J connectivity index is 0.000000241. The molecule has 0 spiro atoms. The molecular formula is C48H60Cl2N2O10S2. The number of para-hydroxylation sites is 2. The zero-order valence-corrected chi connectivity index (χ0v) is 40.2. The minimum atomic E-state index is -3.65. The molecule has 0 radical (unpaired) electrons. The number of ether oxygens (including phenoxy) is 2. The molecule has 0 unspecified atom stereocenters. The summed E-state index contributed by atoms with van der Waals surface area (Å²) in [6.45, 7) is 9.27. The molecule has 64 heavy (non-hydrogen) atoms. The number of carbonyl (C=O) groups is 2. The van der Waals surface area contributed by atoms with E-state index in [1.165, 1.54) is 12.1 Å². The van der Waals surface area contributed by atoms with E-state index in [4.69, 9.17) is 42.9 Å². The quantitative estimate of drug-likeness (QED) is 0.0970. The van der Waals surface area contributed by atoms with Crippen molar-refractivity contribution < 1.29 is 46.1 Å². The van der Waals surface area contributed by atoms with Crippen LogP contribution in [0.25, 0.3) is 0 Å². The van der Waals surface area contributed by atoms with Crippen LogP contribution >= 0.6 is 23.2 Å². The Morgan fingerprint density at radius 1 is 0.609 bits per heavy atom. The van der Waals surface area contributed by atoms with Crippen LogP contribution in [0.1, 0.15) is 91.9 Å². The number of sulfone groups is 2. The second-order valence-electron chi connectivity index (χ2n) is 16.8. The monoisotopic (exact) mass is 958 g/mol. The van der Waals surface area contributed by atoms with Crippen molar-refractivity contribution >= 4 is 77.6 Å². The van der Waals surface area contributed by atoms with Crippen LogP contribution in [0.3, 0.4) is 0 Å². The van der Waals surface area contributed by atoms with Crippen molar-refractivity contribution in [2.45, 2.75) is 102 Å². The smallest absolute Gasteiger partial charge is 0.306 e. The molecule has 0 bridgehead atoms. The van der Waals surface area contributed by atoms with E-state index in [-0.39, 0.29) is 68.9 Å². The van der Waals surface area contributed by atoms with Gasteiger partial charge in [-0.05, 0) is 62.1 Å². The van der Waals surface area contributed by atoms with Crippen LogP contribution in [0.2, 0.25) is 10.0 Å². The van der Waals surface area contributed by atoms with E-state index >= 15 is 0 Å². The standard InChI is InChI=1S/2C24H30ClNO5S/c2*1-3-5-12-24(4-2)16-26(18-9-7-6-8-10-18)20-14-19(25)21(31-13-11-23(27)28)15-22(20)32(29,30)17-24/h2*6-10,14-15H,3-5,11-13,16-17H2,1-2H3,(H,27,28)/t2*24-/m10/s1. The SMILES string of the molecule is CCCC[C@@]1(CC)CN(c2ccccc2)c2cc(Cl)c(OCCC(=O)O)cc2S(=O)(=O)C1.CCCC[C@]1(CC)CN(c2ccccc2)c2cc(Cl)c(OCCC(=O)O)cc2S(=O)(=O)C1. The number of rotatable bonds is 18. The van der Waals surface area contributed by atoms with Gasteiger partial charge in [0, 0.05) is 47.4 Å². The zero-order chi connectivity index (χ0) is 46.7. The molecule has 0 aromatic heterocycles. The summed E-state index contributed by atoms with van der Waals surface area (Å²) < 4.78 is 65.6. The Labute approximate surface area is 388 Å². The highest BCUT2D eigenvalue weighted by Crippen LogP contribution is 2.48. The summed E-state index contributed by atoms with van der Waals surface area (Å²) in [5.74, 6) is -1.54. The average Bonchev–Trinajstić information content (AvgIpc) is 3.42. The molecule has 2 N–H and O–H groups in total. The van der Waals surface area contributed by atoms with Crippen molar-refractivity contribution in [1.82, 2.24) is 0 Å². The van der Waals surface area contributed by atoms with Gasteiger partial charge in [-0.15, -0.1) is 0 Å². The van der Waals surface area contributed by atoms with E-state index in [0.717, 1.165) is 62.7 Å². The number of nitrogens with zero attached hydrogens (tertiary/aromatic N) is 2. The van der Waals surface area contributed by atoms with Gasteiger partial charge in [-0.2, -0.15) is 0 Å². The van der Waals surface area contributed by atoms with Gasteiger partial charge in [0.1, 0.15) is 11.5 Å². The third kappa shape index (κ3) is 12.4. The fourth-order valence-corrected chi connectivity index (χ4v) is 13.2. The predicted molar refractivity (Wildman–Crippen MR) is 254 cm³/mol. The lowest BCUT2D eigenvalue weighted by molar-refractivity contribution is -0.138. The lowest BCUT2D eigenvalue weighted by Gasteiger charge is -2.36. The van der Waals surface area contributed by atoms with E-state index in [9.17, 15) is 26.4 Å². The first kappa shape index (κ1) is 50.5. The number of hydrogen-bond donors (Lipinski definition) is 2. The van der Waals surface area contributed by atoms with Gasteiger partial charge in [0.25, 0.3) is 0 Å². The van der Waals surface area contributed by atoms with Gasteiger partial charge in [0.05, 0.1) is 68.8 Å². The van der Waals surface area contributed by atoms with Gasteiger partial charge in [-0.1, -0.05) is 113 Å². The Morgan fingerprint density at radius 3 is 1.28 bits per heavy atom. The van der Waals surface area contributed by atoms with Gasteiger partial charge in [0.2, 0.25) is 0 Å². The summed E-state index contributed by atoms with van der Waals surface area (Å²) in [4.78, 5) is 26.1. The maximum absolute atomic E-state index is 13.6. The van der Waals surface area contributed by atoms with Gasteiger partial charge in [-0.25, -0.2) is 16.8 Å². The van der Waals surface area contributed by atoms with Crippen LogP contribution in [0, 0.1) is 10.8 Å². The van der Waals surface area contributed by atoms with E-state index in [2.05, 4.69) is 27.7 Å². The van der Waals surface area contributed by atoms with Gasteiger partial charge in [0.15, 0.2) is 19.7 Å². The molecule has 12 nitrogen and oxygen atoms in total. The highest BCUT2D eigenvalue weighted by molar-refractivity contribution is 7.92. The second-order valence-corrected chi connectivity index (χ2v) is 21.5. The fraction of sp³-hybridized carbons (Fsp3) is 0.458. The highest BCUT2D eigenvalue weighted by atomic mass is 35.5. The van der Waals surface area contributed by atoms with Crippen molar-refractivity contribution in [2.75, 3.05) is 47.6 Å². The topological polar surface area (TPSA) is 168 Å². The number of fused-ring (bicyclic) bond motifs is 2. The summed E-state index contributed by atoms with van der Waals surface area (Å²) in [6, 6.07) is 25.6.